The molecular formula is C18H30N2. The van der Waals surface area contributed by atoms with Gasteiger partial charge in [-0.3, -0.25) is 0 Å². The Labute approximate surface area is 124 Å². The Morgan fingerprint density at radius 3 is 2.70 bits per heavy atom. The monoisotopic (exact) mass is 274 g/mol. The Bertz CT molecular complexity index is 357. The Morgan fingerprint density at radius 2 is 2.00 bits per heavy atom. The molecule has 0 heterocycles. The van der Waals surface area contributed by atoms with Crippen molar-refractivity contribution in [3.63, 3.8) is 0 Å². The first-order valence-corrected chi connectivity index (χ1v) is 8.33. The smallest absolute Gasteiger partial charge is 0.0143 e. The Hall–Kier alpha value is -0.860. The van der Waals surface area contributed by atoms with Crippen LogP contribution in [-0.4, -0.2) is 19.1 Å². The lowest BCUT2D eigenvalue weighted by molar-refractivity contribution is 0.403. The second kappa shape index (κ2) is 8.43. The number of nitrogens with two attached hydrogens (primary N) is 1. The Balaban J connectivity index is 1.58. The molecule has 0 radical (unpaired) electrons. The fourth-order valence-corrected chi connectivity index (χ4v) is 3.24. The highest BCUT2D eigenvalue weighted by molar-refractivity contribution is 5.27. The number of nitrogens with one attached hydrogen (secondary N) is 1. The van der Waals surface area contributed by atoms with Gasteiger partial charge in [-0.25, -0.2) is 0 Å². The zero-order valence-electron chi connectivity index (χ0n) is 12.9. The number of benzene rings is 1. The van der Waals surface area contributed by atoms with Crippen molar-refractivity contribution in [2.75, 3.05) is 13.1 Å². The zero-order chi connectivity index (χ0) is 14.2. The number of rotatable bonds is 10. The molecule has 1 aromatic carbocycles. The molecule has 3 atom stereocenters. The van der Waals surface area contributed by atoms with Crippen molar-refractivity contribution in [3.05, 3.63) is 35.9 Å². The molecular weight excluding hydrogens is 244 g/mol. The molecule has 20 heavy (non-hydrogen) atoms. The van der Waals surface area contributed by atoms with Crippen LogP contribution in [0.4, 0.5) is 0 Å². The van der Waals surface area contributed by atoms with Crippen molar-refractivity contribution in [3.8, 4) is 0 Å². The van der Waals surface area contributed by atoms with E-state index in [1.54, 1.807) is 0 Å². The van der Waals surface area contributed by atoms with Gasteiger partial charge in [0.15, 0.2) is 0 Å². The van der Waals surface area contributed by atoms with E-state index in [4.69, 9.17) is 5.73 Å². The first-order chi connectivity index (χ1) is 9.85. The summed E-state index contributed by atoms with van der Waals surface area (Å²) < 4.78 is 0. The second-order valence-corrected chi connectivity index (χ2v) is 6.19. The molecule has 3 unspecified atom stereocenters. The first-order valence-electron chi connectivity index (χ1n) is 8.33. The van der Waals surface area contributed by atoms with Crippen molar-refractivity contribution in [2.45, 2.75) is 57.4 Å². The van der Waals surface area contributed by atoms with Crippen molar-refractivity contribution < 1.29 is 0 Å². The third kappa shape index (κ3) is 4.92. The predicted molar refractivity (Wildman–Crippen MR) is 86.9 cm³/mol. The van der Waals surface area contributed by atoms with Crippen LogP contribution >= 0.6 is 0 Å². The van der Waals surface area contributed by atoms with Gasteiger partial charge in [-0.1, -0.05) is 50.1 Å². The Morgan fingerprint density at radius 1 is 1.20 bits per heavy atom. The molecule has 112 valence electrons. The largest absolute Gasteiger partial charge is 0.330 e. The Kier molecular flexibility index (Phi) is 6.55. The fraction of sp³-hybridized carbons (Fsp3) is 0.667. The van der Waals surface area contributed by atoms with Crippen LogP contribution in [0.3, 0.4) is 0 Å². The molecule has 0 amide bonds. The van der Waals surface area contributed by atoms with E-state index in [2.05, 4.69) is 42.6 Å². The molecule has 2 heteroatoms. The van der Waals surface area contributed by atoms with E-state index >= 15 is 0 Å². The fourth-order valence-electron chi connectivity index (χ4n) is 3.24. The van der Waals surface area contributed by atoms with Crippen molar-refractivity contribution in [1.82, 2.24) is 5.32 Å². The molecule has 3 N–H and O–H groups in total. The predicted octanol–water partition coefficient (Wildman–Crippen LogP) is 3.68. The van der Waals surface area contributed by atoms with E-state index in [-0.39, 0.29) is 0 Å². The van der Waals surface area contributed by atoms with Gasteiger partial charge >= 0.3 is 0 Å². The second-order valence-electron chi connectivity index (χ2n) is 6.19. The quantitative estimate of drug-likeness (QED) is 0.639. The van der Waals surface area contributed by atoms with Crippen molar-refractivity contribution in [1.29, 1.82) is 0 Å². The van der Waals surface area contributed by atoms with Gasteiger partial charge < -0.3 is 11.1 Å². The minimum atomic E-state index is 0.719. The third-order valence-corrected chi connectivity index (χ3v) is 4.49. The van der Waals surface area contributed by atoms with E-state index < -0.39 is 0 Å². The summed E-state index contributed by atoms with van der Waals surface area (Å²) in [5.41, 5.74) is 7.19. The molecule has 0 aromatic heterocycles. The van der Waals surface area contributed by atoms with Gasteiger partial charge in [-0.2, -0.15) is 0 Å². The topological polar surface area (TPSA) is 38.0 Å². The van der Waals surface area contributed by atoms with Crippen LogP contribution in [0.5, 0.6) is 0 Å². The van der Waals surface area contributed by atoms with E-state index in [1.807, 2.05) is 0 Å². The standard InChI is InChI=1S/C18H30N2/c1-2-7-15(11-12-19)8-6-13-20-18-14-17(18)16-9-4-3-5-10-16/h3-5,9-10,15,17-18,20H,2,6-8,11-14,19H2,1H3. The van der Waals surface area contributed by atoms with Crippen LogP contribution in [0.15, 0.2) is 30.3 Å². The normalized spacial score (nSPS) is 22.7. The molecule has 2 nitrogen and oxygen atoms in total. The van der Waals surface area contributed by atoms with Crippen LogP contribution < -0.4 is 11.1 Å². The van der Waals surface area contributed by atoms with E-state index in [0.29, 0.717) is 0 Å². The summed E-state index contributed by atoms with van der Waals surface area (Å²) in [5.74, 6) is 1.60. The van der Waals surface area contributed by atoms with Gasteiger partial charge in [0.25, 0.3) is 0 Å². The minimum absolute atomic E-state index is 0.719. The van der Waals surface area contributed by atoms with E-state index in [9.17, 15) is 0 Å². The first kappa shape index (κ1) is 15.5. The molecule has 1 aliphatic rings. The van der Waals surface area contributed by atoms with Gasteiger partial charge in [0.2, 0.25) is 0 Å². The average Bonchev–Trinajstić information content (AvgIpc) is 3.24. The maximum atomic E-state index is 5.69. The maximum absolute atomic E-state index is 5.69. The molecule has 1 aliphatic carbocycles. The molecule has 1 fully saturated rings. The number of hydrogen-bond donors (Lipinski definition) is 2. The zero-order valence-corrected chi connectivity index (χ0v) is 12.9. The van der Waals surface area contributed by atoms with Crippen LogP contribution in [0.2, 0.25) is 0 Å². The molecule has 0 saturated heterocycles. The minimum Gasteiger partial charge on any atom is -0.330 e. The molecule has 0 aliphatic heterocycles. The highest BCUT2D eigenvalue weighted by atomic mass is 15.0. The SMILES string of the molecule is CCCC(CCN)CCCNC1CC1c1ccccc1. The third-order valence-electron chi connectivity index (χ3n) is 4.49. The summed E-state index contributed by atoms with van der Waals surface area (Å²) in [7, 11) is 0. The molecule has 1 aromatic rings. The van der Waals surface area contributed by atoms with Crippen molar-refractivity contribution >= 4 is 0 Å². The summed E-state index contributed by atoms with van der Waals surface area (Å²) in [6, 6.07) is 11.6. The molecule has 0 spiro atoms. The van der Waals surface area contributed by atoms with E-state index in [1.165, 1.54) is 50.6 Å². The summed E-state index contributed by atoms with van der Waals surface area (Å²) in [5, 5.41) is 3.71. The summed E-state index contributed by atoms with van der Waals surface area (Å²) in [4.78, 5) is 0. The highest BCUT2D eigenvalue weighted by Gasteiger charge is 2.37. The lowest BCUT2D eigenvalue weighted by Gasteiger charge is -2.15. The van der Waals surface area contributed by atoms with Crippen LogP contribution in [0, 0.1) is 5.92 Å². The molecule has 0 bridgehead atoms. The lowest BCUT2D eigenvalue weighted by Crippen LogP contribution is -2.20. The van der Waals surface area contributed by atoms with Crippen LogP contribution in [0.1, 0.15) is 56.9 Å². The van der Waals surface area contributed by atoms with Gasteiger partial charge in [-0.15, -0.1) is 0 Å². The van der Waals surface area contributed by atoms with Gasteiger partial charge in [0, 0.05) is 12.0 Å². The lowest BCUT2D eigenvalue weighted by atomic mass is 9.94. The summed E-state index contributed by atoms with van der Waals surface area (Å²) in [6.45, 7) is 4.28. The molecule has 1 saturated carbocycles. The van der Waals surface area contributed by atoms with Crippen LogP contribution in [0.25, 0.3) is 0 Å². The van der Waals surface area contributed by atoms with Gasteiger partial charge in [0.05, 0.1) is 0 Å². The highest BCUT2D eigenvalue weighted by Crippen LogP contribution is 2.40. The van der Waals surface area contributed by atoms with Crippen molar-refractivity contribution in [2.24, 2.45) is 11.7 Å². The average molecular weight is 274 g/mol. The molecule has 2 rings (SSSR count). The van der Waals surface area contributed by atoms with E-state index in [0.717, 1.165) is 24.4 Å². The maximum Gasteiger partial charge on any atom is 0.0143 e. The van der Waals surface area contributed by atoms with Gasteiger partial charge in [0.1, 0.15) is 0 Å². The summed E-state index contributed by atoms with van der Waals surface area (Å²) >= 11 is 0. The summed E-state index contributed by atoms with van der Waals surface area (Å²) in [6.07, 6.45) is 7.77. The van der Waals surface area contributed by atoms with Crippen LogP contribution in [-0.2, 0) is 0 Å². The number of hydrogen-bond acceptors (Lipinski definition) is 2. The van der Waals surface area contributed by atoms with Gasteiger partial charge in [-0.05, 0) is 50.3 Å².